The first kappa shape index (κ1) is 14.7. The van der Waals surface area contributed by atoms with E-state index in [1.54, 1.807) is 0 Å². The zero-order valence-corrected chi connectivity index (χ0v) is 13.6. The van der Waals surface area contributed by atoms with Gasteiger partial charge in [-0.1, -0.05) is 41.9 Å². The Hall–Kier alpha value is -2.85. The molecule has 2 aromatic heterocycles. The SMILES string of the molecule is Clc1cccc(Cn2cc(-c3cnn(-c4ccccc4)c3)cn2)c1. The van der Waals surface area contributed by atoms with Gasteiger partial charge >= 0.3 is 0 Å². The monoisotopic (exact) mass is 334 g/mol. The number of nitrogens with zero attached hydrogens (tertiary/aromatic N) is 4. The minimum absolute atomic E-state index is 0.688. The third-order valence-electron chi connectivity index (χ3n) is 3.80. The number of aromatic nitrogens is 4. The second kappa shape index (κ2) is 6.34. The van der Waals surface area contributed by atoms with Gasteiger partial charge in [0.2, 0.25) is 0 Å². The van der Waals surface area contributed by atoms with E-state index in [4.69, 9.17) is 11.6 Å². The molecule has 5 heteroatoms. The van der Waals surface area contributed by atoms with Crippen molar-refractivity contribution >= 4 is 11.6 Å². The maximum Gasteiger partial charge on any atom is 0.0660 e. The third kappa shape index (κ3) is 3.09. The zero-order valence-electron chi connectivity index (χ0n) is 12.9. The Labute approximate surface area is 144 Å². The van der Waals surface area contributed by atoms with Crippen LogP contribution in [-0.2, 0) is 6.54 Å². The fourth-order valence-corrected chi connectivity index (χ4v) is 2.83. The molecule has 0 unspecified atom stereocenters. The molecule has 0 saturated carbocycles. The van der Waals surface area contributed by atoms with Crippen LogP contribution in [0.2, 0.25) is 5.02 Å². The van der Waals surface area contributed by atoms with Crippen LogP contribution in [0.5, 0.6) is 0 Å². The van der Waals surface area contributed by atoms with Gasteiger partial charge in [-0.05, 0) is 29.8 Å². The molecular weight excluding hydrogens is 320 g/mol. The molecule has 0 bridgehead atoms. The quantitative estimate of drug-likeness (QED) is 0.553. The lowest BCUT2D eigenvalue weighted by Gasteiger charge is -2.02. The summed E-state index contributed by atoms with van der Waals surface area (Å²) < 4.78 is 3.77. The van der Waals surface area contributed by atoms with E-state index in [1.807, 2.05) is 88.7 Å². The van der Waals surface area contributed by atoms with Crippen LogP contribution >= 0.6 is 11.6 Å². The van der Waals surface area contributed by atoms with Gasteiger partial charge in [0.15, 0.2) is 0 Å². The van der Waals surface area contributed by atoms with E-state index in [0.717, 1.165) is 27.4 Å². The van der Waals surface area contributed by atoms with E-state index in [2.05, 4.69) is 10.2 Å². The fourth-order valence-electron chi connectivity index (χ4n) is 2.62. The molecule has 24 heavy (non-hydrogen) atoms. The summed E-state index contributed by atoms with van der Waals surface area (Å²) in [4.78, 5) is 0. The van der Waals surface area contributed by atoms with Gasteiger partial charge in [0, 0.05) is 28.5 Å². The smallest absolute Gasteiger partial charge is 0.0660 e. The first-order valence-electron chi connectivity index (χ1n) is 7.65. The molecule has 2 aromatic carbocycles. The Kier molecular flexibility index (Phi) is 3.89. The summed E-state index contributed by atoms with van der Waals surface area (Å²) in [7, 11) is 0. The number of halogens is 1. The van der Waals surface area contributed by atoms with Gasteiger partial charge in [-0.15, -0.1) is 0 Å². The summed E-state index contributed by atoms with van der Waals surface area (Å²) >= 11 is 6.03. The molecule has 2 heterocycles. The van der Waals surface area contributed by atoms with Crippen molar-refractivity contribution in [3.8, 4) is 16.8 Å². The highest BCUT2D eigenvalue weighted by Crippen LogP contribution is 2.20. The van der Waals surface area contributed by atoms with Crippen LogP contribution in [-0.4, -0.2) is 19.6 Å². The van der Waals surface area contributed by atoms with Gasteiger partial charge in [-0.2, -0.15) is 10.2 Å². The number of hydrogen-bond donors (Lipinski definition) is 0. The van der Waals surface area contributed by atoms with Crippen LogP contribution in [0, 0.1) is 0 Å². The summed E-state index contributed by atoms with van der Waals surface area (Å²) in [6.45, 7) is 0.688. The molecule has 0 radical (unpaired) electrons. The molecule has 0 aliphatic rings. The molecule has 0 atom stereocenters. The normalized spacial score (nSPS) is 10.9. The van der Waals surface area contributed by atoms with Gasteiger partial charge in [-0.25, -0.2) is 4.68 Å². The molecule has 0 saturated heterocycles. The maximum atomic E-state index is 6.03. The van der Waals surface area contributed by atoms with Crippen LogP contribution < -0.4 is 0 Å². The lowest BCUT2D eigenvalue weighted by molar-refractivity contribution is 0.687. The van der Waals surface area contributed by atoms with Crippen molar-refractivity contribution in [3.05, 3.63) is 90.0 Å². The van der Waals surface area contributed by atoms with Crippen molar-refractivity contribution in [3.63, 3.8) is 0 Å². The molecule has 0 aliphatic heterocycles. The van der Waals surface area contributed by atoms with Crippen molar-refractivity contribution < 1.29 is 0 Å². The molecule has 0 aliphatic carbocycles. The lowest BCUT2D eigenvalue weighted by Crippen LogP contribution is -1.99. The molecule has 118 valence electrons. The summed E-state index contributed by atoms with van der Waals surface area (Å²) in [5.41, 5.74) is 4.24. The van der Waals surface area contributed by atoms with Gasteiger partial charge in [0.25, 0.3) is 0 Å². The van der Waals surface area contributed by atoms with Gasteiger partial charge in [-0.3, -0.25) is 4.68 Å². The minimum Gasteiger partial charge on any atom is -0.268 e. The van der Waals surface area contributed by atoms with E-state index in [-0.39, 0.29) is 0 Å². The van der Waals surface area contributed by atoms with Crippen LogP contribution in [0.3, 0.4) is 0 Å². The summed E-state index contributed by atoms with van der Waals surface area (Å²) in [5, 5.41) is 9.61. The van der Waals surface area contributed by atoms with Crippen molar-refractivity contribution in [2.45, 2.75) is 6.54 Å². The Balaban J connectivity index is 1.56. The lowest BCUT2D eigenvalue weighted by atomic mass is 10.2. The van der Waals surface area contributed by atoms with E-state index in [9.17, 15) is 0 Å². The number of para-hydroxylation sites is 1. The Morgan fingerprint density at radius 2 is 1.62 bits per heavy atom. The number of benzene rings is 2. The number of rotatable bonds is 4. The second-order valence-corrected chi connectivity index (χ2v) is 6.00. The second-order valence-electron chi connectivity index (χ2n) is 5.57. The largest absolute Gasteiger partial charge is 0.268 e. The predicted molar refractivity (Wildman–Crippen MR) is 95.3 cm³/mol. The van der Waals surface area contributed by atoms with Crippen LogP contribution in [0.4, 0.5) is 0 Å². The van der Waals surface area contributed by atoms with Crippen molar-refractivity contribution in [2.24, 2.45) is 0 Å². The predicted octanol–water partition coefficient (Wildman–Crippen LogP) is 4.44. The highest BCUT2D eigenvalue weighted by atomic mass is 35.5. The van der Waals surface area contributed by atoms with Crippen molar-refractivity contribution in [1.29, 1.82) is 0 Å². The van der Waals surface area contributed by atoms with E-state index in [1.165, 1.54) is 0 Å². The molecule has 4 aromatic rings. The van der Waals surface area contributed by atoms with Crippen molar-refractivity contribution in [2.75, 3.05) is 0 Å². The molecule has 0 amide bonds. The average Bonchev–Trinajstić information content (AvgIpc) is 3.25. The van der Waals surface area contributed by atoms with Crippen molar-refractivity contribution in [1.82, 2.24) is 19.6 Å². The first-order valence-corrected chi connectivity index (χ1v) is 8.03. The summed E-state index contributed by atoms with van der Waals surface area (Å²) in [6, 6.07) is 17.9. The Bertz CT molecular complexity index is 956. The highest BCUT2D eigenvalue weighted by Gasteiger charge is 2.06. The molecule has 0 N–H and O–H groups in total. The topological polar surface area (TPSA) is 35.6 Å². The fraction of sp³-hybridized carbons (Fsp3) is 0.0526. The van der Waals surface area contributed by atoms with E-state index < -0.39 is 0 Å². The first-order chi connectivity index (χ1) is 11.8. The Morgan fingerprint density at radius 1 is 0.833 bits per heavy atom. The average molecular weight is 335 g/mol. The van der Waals surface area contributed by atoms with Crippen LogP contribution in [0.1, 0.15) is 5.56 Å². The van der Waals surface area contributed by atoms with Crippen LogP contribution in [0.25, 0.3) is 16.8 Å². The van der Waals surface area contributed by atoms with Gasteiger partial charge in [0.1, 0.15) is 0 Å². The van der Waals surface area contributed by atoms with E-state index in [0.29, 0.717) is 6.54 Å². The zero-order chi connectivity index (χ0) is 16.4. The minimum atomic E-state index is 0.688. The molecule has 0 spiro atoms. The van der Waals surface area contributed by atoms with Gasteiger partial charge < -0.3 is 0 Å². The van der Waals surface area contributed by atoms with E-state index >= 15 is 0 Å². The molecule has 4 rings (SSSR count). The van der Waals surface area contributed by atoms with Gasteiger partial charge in [0.05, 0.1) is 24.6 Å². The standard InChI is InChI=1S/C19H15ClN4/c20-18-6-4-5-15(9-18)12-23-13-16(10-21-23)17-11-22-24(14-17)19-7-2-1-3-8-19/h1-11,13-14H,12H2. The summed E-state index contributed by atoms with van der Waals surface area (Å²) in [6.07, 6.45) is 7.74. The molecule has 0 fully saturated rings. The van der Waals surface area contributed by atoms with Crippen LogP contribution in [0.15, 0.2) is 79.4 Å². The maximum absolute atomic E-state index is 6.03. The molecule has 4 nitrogen and oxygen atoms in total. The number of hydrogen-bond acceptors (Lipinski definition) is 2. The molecular formula is C19H15ClN4. The third-order valence-corrected chi connectivity index (χ3v) is 4.04. The highest BCUT2D eigenvalue weighted by molar-refractivity contribution is 6.30. The summed E-state index contributed by atoms with van der Waals surface area (Å²) in [5.74, 6) is 0. The Morgan fingerprint density at radius 3 is 2.46 bits per heavy atom.